The van der Waals surface area contributed by atoms with E-state index in [0.717, 1.165) is 16.6 Å². The molecule has 1 N–H and O–H groups in total. The highest BCUT2D eigenvalue weighted by Gasteiger charge is 2.11. The highest BCUT2D eigenvalue weighted by atomic mass is 32.1. The Morgan fingerprint density at radius 1 is 1.25 bits per heavy atom. The van der Waals surface area contributed by atoms with Crippen LogP contribution in [0, 0.1) is 4.77 Å². The van der Waals surface area contributed by atoms with Crippen LogP contribution in [0.2, 0.25) is 0 Å². The zero-order valence-corrected chi connectivity index (χ0v) is 12.0. The summed E-state index contributed by atoms with van der Waals surface area (Å²) in [6.45, 7) is 0.644. The van der Waals surface area contributed by atoms with Crippen molar-refractivity contribution in [2.24, 2.45) is 0 Å². The number of aromatic amines is 1. The van der Waals surface area contributed by atoms with Crippen LogP contribution in [0.5, 0.6) is 11.5 Å². The maximum Gasteiger partial charge on any atom is 0.178 e. The van der Waals surface area contributed by atoms with Gasteiger partial charge in [-0.2, -0.15) is 0 Å². The van der Waals surface area contributed by atoms with E-state index in [2.05, 4.69) is 4.98 Å². The maximum atomic E-state index is 5.38. The van der Waals surface area contributed by atoms with Gasteiger partial charge in [0.2, 0.25) is 0 Å². The molecule has 0 aliphatic rings. The Morgan fingerprint density at radius 2 is 2.00 bits per heavy atom. The third kappa shape index (κ3) is 2.08. The summed E-state index contributed by atoms with van der Waals surface area (Å²) in [7, 11) is 3.23. The molecular weight excluding hydrogens is 276 g/mol. The molecule has 0 saturated heterocycles. The third-order valence-electron chi connectivity index (χ3n) is 3.20. The van der Waals surface area contributed by atoms with Crippen molar-refractivity contribution in [1.29, 1.82) is 0 Å². The Balaban J connectivity index is 2.16. The van der Waals surface area contributed by atoms with Crippen LogP contribution in [-0.2, 0) is 6.54 Å². The average Bonchev–Trinajstić information content (AvgIpc) is 3.06. The first-order valence-corrected chi connectivity index (χ1v) is 6.49. The van der Waals surface area contributed by atoms with Crippen LogP contribution in [0.3, 0.4) is 0 Å². The number of benzene rings is 1. The van der Waals surface area contributed by atoms with Crippen molar-refractivity contribution in [2.75, 3.05) is 14.2 Å². The summed E-state index contributed by atoms with van der Waals surface area (Å²) in [5.74, 6) is 1.35. The van der Waals surface area contributed by atoms with Gasteiger partial charge in [0.05, 0.1) is 44.3 Å². The molecule has 104 valence electrons. The van der Waals surface area contributed by atoms with Crippen LogP contribution in [0.15, 0.2) is 35.1 Å². The fraction of sp³-hybridized carbons (Fsp3) is 0.214. The second-order valence-corrected chi connectivity index (χ2v) is 4.76. The molecule has 0 bridgehead atoms. The number of methoxy groups -OCH3 is 2. The number of fused-ring (bicyclic) bond motifs is 1. The van der Waals surface area contributed by atoms with Gasteiger partial charge >= 0.3 is 0 Å². The first-order chi connectivity index (χ1) is 9.72. The number of imidazole rings is 1. The van der Waals surface area contributed by atoms with Gasteiger partial charge < -0.3 is 23.4 Å². The number of ether oxygens (including phenoxy) is 2. The minimum Gasteiger partial charge on any atom is -0.493 e. The van der Waals surface area contributed by atoms with Gasteiger partial charge in [0.1, 0.15) is 0 Å². The molecule has 0 aliphatic heterocycles. The number of hydrogen-bond acceptors (Lipinski definition) is 4. The van der Waals surface area contributed by atoms with E-state index in [4.69, 9.17) is 26.1 Å². The van der Waals surface area contributed by atoms with Crippen molar-refractivity contribution in [1.82, 2.24) is 9.55 Å². The lowest BCUT2D eigenvalue weighted by Gasteiger charge is -2.08. The largest absolute Gasteiger partial charge is 0.493 e. The minimum absolute atomic E-state index is 0.644. The predicted octanol–water partition coefficient (Wildman–Crippen LogP) is 3.36. The first-order valence-electron chi connectivity index (χ1n) is 6.08. The standard InChI is InChI=1S/C14H14N2O3S/c1-17-12-5-10-11(6-13(12)18-2)16(14(20)15-10)7-9-3-4-19-8-9/h3-6,8H,7H2,1-2H3,(H,15,20). The second-order valence-electron chi connectivity index (χ2n) is 4.37. The topological polar surface area (TPSA) is 52.3 Å². The molecular formula is C14H14N2O3S. The molecule has 0 atom stereocenters. The van der Waals surface area contributed by atoms with Crippen molar-refractivity contribution in [3.63, 3.8) is 0 Å². The number of furan rings is 1. The van der Waals surface area contributed by atoms with Crippen LogP contribution in [0.25, 0.3) is 11.0 Å². The number of hydrogen-bond donors (Lipinski definition) is 1. The SMILES string of the molecule is COc1cc2[nH]c(=S)n(Cc3ccoc3)c2cc1OC. The van der Waals surface area contributed by atoms with Crippen molar-refractivity contribution in [3.05, 3.63) is 41.1 Å². The van der Waals surface area contributed by atoms with E-state index in [9.17, 15) is 0 Å². The maximum absolute atomic E-state index is 5.38. The van der Waals surface area contributed by atoms with Gasteiger partial charge in [-0.15, -0.1) is 0 Å². The summed E-state index contributed by atoms with van der Waals surface area (Å²) in [6, 6.07) is 5.72. The van der Waals surface area contributed by atoms with E-state index >= 15 is 0 Å². The Labute approximate surface area is 120 Å². The highest BCUT2D eigenvalue weighted by Crippen LogP contribution is 2.32. The second kappa shape index (κ2) is 5.05. The molecule has 2 aromatic heterocycles. The Hall–Kier alpha value is -2.21. The molecule has 0 fully saturated rings. The molecule has 0 aliphatic carbocycles. The molecule has 20 heavy (non-hydrogen) atoms. The Bertz CT molecular complexity index is 787. The van der Waals surface area contributed by atoms with Crippen LogP contribution in [0.4, 0.5) is 0 Å². The van der Waals surface area contributed by atoms with Gasteiger partial charge in [-0.05, 0) is 18.3 Å². The molecule has 0 unspecified atom stereocenters. The van der Waals surface area contributed by atoms with E-state index in [1.54, 1.807) is 26.7 Å². The molecule has 5 nitrogen and oxygen atoms in total. The van der Waals surface area contributed by atoms with Gasteiger partial charge in [0, 0.05) is 17.7 Å². The van der Waals surface area contributed by atoms with Gasteiger partial charge in [0.15, 0.2) is 16.3 Å². The first kappa shape index (κ1) is 12.8. The van der Waals surface area contributed by atoms with E-state index in [1.165, 1.54) is 0 Å². The molecule has 0 spiro atoms. The Kier molecular flexibility index (Phi) is 3.23. The third-order valence-corrected chi connectivity index (χ3v) is 3.52. The molecule has 3 rings (SSSR count). The van der Waals surface area contributed by atoms with Crippen molar-refractivity contribution in [3.8, 4) is 11.5 Å². The van der Waals surface area contributed by atoms with Crippen molar-refractivity contribution < 1.29 is 13.9 Å². The van der Waals surface area contributed by atoms with Crippen LogP contribution in [0.1, 0.15) is 5.56 Å². The number of nitrogens with one attached hydrogen (secondary N) is 1. The zero-order chi connectivity index (χ0) is 14.1. The molecule has 0 saturated carbocycles. The molecule has 2 heterocycles. The van der Waals surface area contributed by atoms with E-state index in [1.807, 2.05) is 22.8 Å². The lowest BCUT2D eigenvalue weighted by molar-refractivity contribution is 0.355. The average molecular weight is 290 g/mol. The monoisotopic (exact) mass is 290 g/mol. The fourth-order valence-electron chi connectivity index (χ4n) is 2.21. The van der Waals surface area contributed by atoms with Gasteiger partial charge in [-0.25, -0.2) is 0 Å². The summed E-state index contributed by atoms with van der Waals surface area (Å²) in [5.41, 5.74) is 2.93. The smallest absolute Gasteiger partial charge is 0.178 e. The number of H-pyrrole nitrogens is 1. The molecule has 0 radical (unpaired) electrons. The molecule has 6 heteroatoms. The zero-order valence-electron chi connectivity index (χ0n) is 11.2. The summed E-state index contributed by atoms with van der Waals surface area (Å²) >= 11 is 5.38. The van der Waals surface area contributed by atoms with Crippen LogP contribution >= 0.6 is 12.2 Å². The minimum atomic E-state index is 0.644. The molecule has 1 aromatic carbocycles. The van der Waals surface area contributed by atoms with Gasteiger partial charge in [-0.3, -0.25) is 0 Å². The normalized spacial score (nSPS) is 10.9. The Morgan fingerprint density at radius 3 is 2.65 bits per heavy atom. The van der Waals surface area contributed by atoms with Crippen LogP contribution in [-0.4, -0.2) is 23.8 Å². The molecule has 0 amide bonds. The molecule has 3 aromatic rings. The fourth-order valence-corrected chi connectivity index (χ4v) is 2.48. The number of aromatic nitrogens is 2. The summed E-state index contributed by atoms with van der Waals surface area (Å²) in [5, 5.41) is 0. The summed E-state index contributed by atoms with van der Waals surface area (Å²) in [4.78, 5) is 3.18. The van der Waals surface area contributed by atoms with Crippen molar-refractivity contribution >= 4 is 23.3 Å². The summed E-state index contributed by atoms with van der Waals surface area (Å²) < 4.78 is 18.4. The van der Waals surface area contributed by atoms with Gasteiger partial charge in [-0.1, -0.05) is 0 Å². The van der Waals surface area contributed by atoms with E-state index < -0.39 is 0 Å². The van der Waals surface area contributed by atoms with E-state index in [-0.39, 0.29) is 0 Å². The quantitative estimate of drug-likeness (QED) is 0.749. The lowest BCUT2D eigenvalue weighted by Crippen LogP contribution is -1.99. The number of rotatable bonds is 4. The number of nitrogens with zero attached hydrogens (tertiary/aromatic N) is 1. The highest BCUT2D eigenvalue weighted by molar-refractivity contribution is 7.71. The van der Waals surface area contributed by atoms with Crippen LogP contribution < -0.4 is 9.47 Å². The lowest BCUT2D eigenvalue weighted by atomic mass is 10.2. The predicted molar refractivity (Wildman–Crippen MR) is 78.0 cm³/mol. The van der Waals surface area contributed by atoms with Crippen molar-refractivity contribution in [2.45, 2.75) is 6.54 Å². The summed E-state index contributed by atoms with van der Waals surface area (Å²) in [6.07, 6.45) is 3.36. The van der Waals surface area contributed by atoms with E-state index in [0.29, 0.717) is 22.8 Å². The van der Waals surface area contributed by atoms with Gasteiger partial charge in [0.25, 0.3) is 0 Å².